The fourth-order valence-electron chi connectivity index (χ4n) is 2.34. The molecule has 0 saturated carbocycles. The van der Waals surface area contributed by atoms with Gasteiger partial charge in [0.2, 0.25) is 5.76 Å². The molecule has 0 unspecified atom stereocenters. The number of amides is 1. The summed E-state index contributed by atoms with van der Waals surface area (Å²) < 4.78 is 21.6. The number of hydrogen-bond donors (Lipinski definition) is 1. The molecule has 1 N–H and O–H groups in total. The van der Waals surface area contributed by atoms with Crippen LogP contribution in [0, 0.1) is 0 Å². The number of methoxy groups -OCH3 is 1. The smallest absolute Gasteiger partial charge is 0.379 e. The lowest BCUT2D eigenvalue weighted by atomic mass is 10.2. The molecule has 3 rings (SSSR count). The van der Waals surface area contributed by atoms with Crippen molar-refractivity contribution in [3.05, 3.63) is 75.6 Å². The first kappa shape index (κ1) is 22.4. The summed E-state index contributed by atoms with van der Waals surface area (Å²) in [6.45, 7) is -0.234. The number of ether oxygens (including phenoxy) is 3. The van der Waals surface area contributed by atoms with Crippen molar-refractivity contribution in [3.63, 3.8) is 0 Å². The molecule has 0 saturated heterocycles. The largest absolute Gasteiger partial charge is 0.493 e. The van der Waals surface area contributed by atoms with Gasteiger partial charge in [-0.2, -0.15) is 5.10 Å². The van der Waals surface area contributed by atoms with E-state index in [0.717, 1.165) is 0 Å². The highest BCUT2D eigenvalue weighted by Gasteiger charge is 2.15. The van der Waals surface area contributed by atoms with E-state index < -0.39 is 11.9 Å². The fraction of sp³-hybridized carbons (Fsp3) is 0.0952. The number of halogens is 2. The van der Waals surface area contributed by atoms with Crippen LogP contribution in [-0.2, 0) is 4.79 Å². The topological polar surface area (TPSA) is 99.4 Å². The predicted octanol–water partition coefficient (Wildman–Crippen LogP) is 4.45. The van der Waals surface area contributed by atoms with Crippen LogP contribution in [0.4, 0.5) is 0 Å². The van der Waals surface area contributed by atoms with E-state index in [1.165, 1.54) is 25.7 Å². The molecule has 0 atom stereocenters. The Morgan fingerprint density at radius 2 is 1.97 bits per heavy atom. The number of nitrogens with zero attached hydrogens (tertiary/aromatic N) is 1. The molecule has 0 radical (unpaired) electrons. The average molecular weight is 508 g/mol. The van der Waals surface area contributed by atoms with E-state index in [2.05, 4.69) is 26.5 Å². The number of hydrogen-bond acceptors (Lipinski definition) is 7. The second-order valence-corrected chi connectivity index (χ2v) is 7.22. The van der Waals surface area contributed by atoms with Gasteiger partial charge in [-0.25, -0.2) is 10.2 Å². The van der Waals surface area contributed by atoms with Gasteiger partial charge in [0.25, 0.3) is 5.91 Å². The monoisotopic (exact) mass is 506 g/mol. The third-order valence-corrected chi connectivity index (χ3v) is 4.62. The van der Waals surface area contributed by atoms with Gasteiger partial charge in [0, 0.05) is 5.02 Å². The van der Waals surface area contributed by atoms with Gasteiger partial charge in [-0.05, 0) is 70.0 Å². The van der Waals surface area contributed by atoms with Gasteiger partial charge >= 0.3 is 5.97 Å². The molecule has 0 aliphatic carbocycles. The number of carbonyl (C=O) groups is 2. The predicted molar refractivity (Wildman–Crippen MR) is 117 cm³/mol. The Balaban J connectivity index is 1.55. The highest BCUT2D eigenvalue weighted by Crippen LogP contribution is 2.29. The molecule has 0 fully saturated rings. The lowest BCUT2D eigenvalue weighted by Gasteiger charge is -2.09. The maximum absolute atomic E-state index is 12.0. The number of nitrogens with one attached hydrogen (secondary N) is 1. The van der Waals surface area contributed by atoms with Gasteiger partial charge in [-0.15, -0.1) is 0 Å². The van der Waals surface area contributed by atoms with Crippen molar-refractivity contribution < 1.29 is 28.2 Å². The Kier molecular flexibility index (Phi) is 7.69. The molecule has 0 spiro atoms. The van der Waals surface area contributed by atoms with Crippen molar-refractivity contribution in [2.45, 2.75) is 0 Å². The Morgan fingerprint density at radius 1 is 1.16 bits per heavy atom. The summed E-state index contributed by atoms with van der Waals surface area (Å²) in [6, 6.07) is 12.8. The molecular weight excluding hydrogens is 492 g/mol. The van der Waals surface area contributed by atoms with Crippen molar-refractivity contribution in [2.24, 2.45) is 5.10 Å². The number of carbonyl (C=O) groups excluding carboxylic acids is 2. The number of rotatable bonds is 8. The van der Waals surface area contributed by atoms with Crippen LogP contribution in [-0.4, -0.2) is 31.8 Å². The third-order valence-electron chi connectivity index (χ3n) is 3.77. The molecule has 2 aromatic carbocycles. The van der Waals surface area contributed by atoms with E-state index in [1.54, 1.807) is 42.5 Å². The van der Waals surface area contributed by atoms with Gasteiger partial charge in [0.05, 0.1) is 24.1 Å². The van der Waals surface area contributed by atoms with E-state index in [1.807, 2.05) is 0 Å². The van der Waals surface area contributed by atoms with Crippen LogP contribution in [0.15, 0.2) is 68.8 Å². The molecule has 10 heteroatoms. The first-order chi connectivity index (χ1) is 15.0. The molecule has 0 aliphatic heterocycles. The van der Waals surface area contributed by atoms with Gasteiger partial charge in [-0.3, -0.25) is 4.79 Å². The highest BCUT2D eigenvalue weighted by atomic mass is 79.9. The van der Waals surface area contributed by atoms with Crippen molar-refractivity contribution >= 4 is 45.6 Å². The van der Waals surface area contributed by atoms with E-state index in [0.29, 0.717) is 26.6 Å². The first-order valence-corrected chi connectivity index (χ1v) is 9.97. The maximum atomic E-state index is 12.0. The van der Waals surface area contributed by atoms with Crippen molar-refractivity contribution in [3.8, 4) is 17.2 Å². The quantitative estimate of drug-likeness (QED) is 0.209. The summed E-state index contributed by atoms with van der Waals surface area (Å²) in [5.41, 5.74) is 2.97. The molecule has 0 bridgehead atoms. The molecule has 160 valence electrons. The summed E-state index contributed by atoms with van der Waals surface area (Å²) in [7, 11) is 1.44. The Hall–Kier alpha value is -3.30. The molecule has 1 aromatic heterocycles. The zero-order valence-corrected chi connectivity index (χ0v) is 18.5. The fourth-order valence-corrected chi connectivity index (χ4v) is 3.14. The first-order valence-electron chi connectivity index (χ1n) is 8.79. The van der Waals surface area contributed by atoms with Gasteiger partial charge < -0.3 is 18.6 Å². The summed E-state index contributed by atoms with van der Waals surface area (Å²) in [4.78, 5) is 23.9. The number of hydrazone groups is 1. The Labute approximate surface area is 190 Å². The van der Waals surface area contributed by atoms with Gasteiger partial charge in [-0.1, -0.05) is 11.6 Å². The van der Waals surface area contributed by atoms with Gasteiger partial charge in [0.15, 0.2) is 18.1 Å². The van der Waals surface area contributed by atoms with Crippen molar-refractivity contribution in [1.82, 2.24) is 5.43 Å². The minimum atomic E-state index is -0.649. The zero-order chi connectivity index (χ0) is 22.2. The van der Waals surface area contributed by atoms with Gasteiger partial charge in [0.1, 0.15) is 5.75 Å². The van der Waals surface area contributed by atoms with Crippen LogP contribution < -0.4 is 19.6 Å². The normalized spacial score (nSPS) is 10.7. The van der Waals surface area contributed by atoms with Crippen LogP contribution in [0.5, 0.6) is 17.2 Å². The number of esters is 1. The number of furan rings is 1. The summed E-state index contributed by atoms with van der Waals surface area (Å²) in [5, 5.41) is 4.43. The zero-order valence-electron chi connectivity index (χ0n) is 16.1. The Bertz CT molecular complexity index is 1100. The van der Waals surface area contributed by atoms with E-state index in [9.17, 15) is 9.59 Å². The Morgan fingerprint density at radius 3 is 2.68 bits per heavy atom. The van der Waals surface area contributed by atoms with E-state index in [4.69, 9.17) is 30.2 Å². The van der Waals surface area contributed by atoms with Crippen molar-refractivity contribution in [1.29, 1.82) is 0 Å². The summed E-state index contributed by atoms with van der Waals surface area (Å²) >= 11 is 9.17. The second-order valence-electron chi connectivity index (χ2n) is 5.93. The standard InChI is InChI=1S/C21H16BrClN2O6/c1-28-19-9-13(4-6-17(19)31-21(27)18-3-2-8-29-18)11-24-25-20(26)12-30-16-7-5-14(23)10-15(16)22/h2-11H,12H2,1H3,(H,25,26)/b24-11+. The van der Waals surface area contributed by atoms with Crippen LogP contribution in [0.2, 0.25) is 5.02 Å². The minimum absolute atomic E-state index is 0.0725. The maximum Gasteiger partial charge on any atom is 0.379 e. The SMILES string of the molecule is COc1cc(/C=N/NC(=O)COc2ccc(Cl)cc2Br)ccc1OC(=O)c1ccco1. The molecular formula is C21H16BrClN2O6. The summed E-state index contributed by atoms with van der Waals surface area (Å²) in [6.07, 6.45) is 2.79. The molecule has 1 heterocycles. The van der Waals surface area contributed by atoms with Crippen LogP contribution in [0.25, 0.3) is 0 Å². The number of benzene rings is 2. The lowest BCUT2D eigenvalue weighted by molar-refractivity contribution is -0.123. The van der Waals surface area contributed by atoms with E-state index in [-0.39, 0.29) is 18.1 Å². The summed E-state index contributed by atoms with van der Waals surface area (Å²) in [5.74, 6) is -0.0206. The van der Waals surface area contributed by atoms with Crippen LogP contribution >= 0.6 is 27.5 Å². The van der Waals surface area contributed by atoms with E-state index >= 15 is 0 Å². The molecule has 3 aromatic rings. The molecule has 1 amide bonds. The average Bonchev–Trinajstić information content (AvgIpc) is 3.29. The highest BCUT2D eigenvalue weighted by molar-refractivity contribution is 9.10. The van der Waals surface area contributed by atoms with Crippen LogP contribution in [0.1, 0.15) is 16.1 Å². The second kappa shape index (κ2) is 10.6. The van der Waals surface area contributed by atoms with Crippen LogP contribution in [0.3, 0.4) is 0 Å². The molecule has 0 aliphatic rings. The van der Waals surface area contributed by atoms with Crippen molar-refractivity contribution in [2.75, 3.05) is 13.7 Å². The lowest BCUT2D eigenvalue weighted by Crippen LogP contribution is -2.24. The third kappa shape index (κ3) is 6.34. The minimum Gasteiger partial charge on any atom is -0.493 e. The molecule has 8 nitrogen and oxygen atoms in total. The molecule has 31 heavy (non-hydrogen) atoms.